The number of nitrogen functional groups attached to an aromatic ring is 1. The van der Waals surface area contributed by atoms with Crippen molar-refractivity contribution in [3.05, 3.63) is 47.5 Å². The van der Waals surface area contributed by atoms with Crippen molar-refractivity contribution in [3.8, 4) is 11.6 Å². The van der Waals surface area contributed by atoms with E-state index in [0.29, 0.717) is 6.07 Å². The number of hydrogen-bond donors (Lipinski definition) is 2. The molecule has 19 heavy (non-hydrogen) atoms. The zero-order valence-corrected chi connectivity index (χ0v) is 9.56. The van der Waals surface area contributed by atoms with Crippen molar-refractivity contribution in [2.24, 2.45) is 5.73 Å². The summed E-state index contributed by atoms with van der Waals surface area (Å²) in [6.45, 7) is 0. The Hall–Kier alpha value is -2.70. The van der Waals surface area contributed by atoms with Gasteiger partial charge in [0.15, 0.2) is 17.5 Å². The van der Waals surface area contributed by atoms with Gasteiger partial charge >= 0.3 is 0 Å². The SMILES string of the molecule is NC(=O)c1ccc(Oc2nc(N)c(F)cc2F)cc1. The van der Waals surface area contributed by atoms with E-state index in [1.54, 1.807) is 0 Å². The second kappa shape index (κ2) is 4.89. The smallest absolute Gasteiger partial charge is 0.258 e. The third-order valence-electron chi connectivity index (χ3n) is 2.28. The van der Waals surface area contributed by atoms with Gasteiger partial charge in [-0.25, -0.2) is 8.78 Å². The number of hydrogen-bond acceptors (Lipinski definition) is 4. The third-order valence-corrected chi connectivity index (χ3v) is 2.28. The molecule has 0 fully saturated rings. The lowest BCUT2D eigenvalue weighted by atomic mass is 10.2. The fraction of sp³-hybridized carbons (Fsp3) is 0. The number of nitrogens with two attached hydrogens (primary N) is 2. The van der Waals surface area contributed by atoms with Crippen molar-refractivity contribution < 1.29 is 18.3 Å². The van der Waals surface area contributed by atoms with E-state index in [-0.39, 0.29) is 11.3 Å². The Balaban J connectivity index is 2.26. The van der Waals surface area contributed by atoms with Crippen LogP contribution in [0.1, 0.15) is 10.4 Å². The van der Waals surface area contributed by atoms with Gasteiger partial charge in [-0.15, -0.1) is 0 Å². The predicted molar refractivity (Wildman–Crippen MR) is 63.6 cm³/mol. The minimum Gasteiger partial charge on any atom is -0.436 e. The molecule has 5 nitrogen and oxygen atoms in total. The van der Waals surface area contributed by atoms with Gasteiger partial charge in [0.25, 0.3) is 5.88 Å². The lowest BCUT2D eigenvalue weighted by Crippen LogP contribution is -2.10. The number of aromatic nitrogens is 1. The summed E-state index contributed by atoms with van der Waals surface area (Å²) in [6, 6.07) is 6.20. The van der Waals surface area contributed by atoms with Crippen LogP contribution in [0.4, 0.5) is 14.6 Å². The molecule has 0 aliphatic carbocycles. The van der Waals surface area contributed by atoms with E-state index in [2.05, 4.69) is 4.98 Å². The number of benzene rings is 1. The van der Waals surface area contributed by atoms with E-state index < -0.39 is 29.2 Å². The van der Waals surface area contributed by atoms with E-state index in [4.69, 9.17) is 16.2 Å². The van der Waals surface area contributed by atoms with Crippen LogP contribution in [-0.2, 0) is 0 Å². The van der Waals surface area contributed by atoms with Gasteiger partial charge in [0, 0.05) is 11.6 Å². The molecule has 1 heterocycles. The number of carbonyl (C=O) groups is 1. The fourth-order valence-corrected chi connectivity index (χ4v) is 1.33. The Morgan fingerprint density at radius 3 is 2.37 bits per heavy atom. The van der Waals surface area contributed by atoms with E-state index in [9.17, 15) is 13.6 Å². The molecule has 7 heteroatoms. The number of pyridine rings is 1. The van der Waals surface area contributed by atoms with Crippen molar-refractivity contribution in [1.82, 2.24) is 4.98 Å². The Labute approximate surface area is 106 Å². The number of primary amides is 1. The van der Waals surface area contributed by atoms with Crippen LogP contribution in [-0.4, -0.2) is 10.9 Å². The number of halogens is 2. The summed E-state index contributed by atoms with van der Waals surface area (Å²) in [5.41, 5.74) is 10.6. The van der Waals surface area contributed by atoms with Gasteiger partial charge in [0.1, 0.15) is 5.75 Å². The van der Waals surface area contributed by atoms with Crippen LogP contribution in [0.3, 0.4) is 0 Å². The average molecular weight is 265 g/mol. The largest absolute Gasteiger partial charge is 0.436 e. The van der Waals surface area contributed by atoms with Crippen molar-refractivity contribution in [2.75, 3.05) is 5.73 Å². The van der Waals surface area contributed by atoms with Gasteiger partial charge in [-0.2, -0.15) is 4.98 Å². The number of amides is 1. The molecule has 0 saturated heterocycles. The number of carbonyl (C=O) groups excluding carboxylic acids is 1. The van der Waals surface area contributed by atoms with Gasteiger partial charge in [-0.3, -0.25) is 4.79 Å². The van der Waals surface area contributed by atoms with Crippen molar-refractivity contribution in [1.29, 1.82) is 0 Å². The Morgan fingerprint density at radius 1 is 1.16 bits per heavy atom. The highest BCUT2D eigenvalue weighted by Gasteiger charge is 2.12. The molecule has 1 aromatic carbocycles. The van der Waals surface area contributed by atoms with Crippen LogP contribution < -0.4 is 16.2 Å². The van der Waals surface area contributed by atoms with Crippen molar-refractivity contribution in [3.63, 3.8) is 0 Å². The van der Waals surface area contributed by atoms with Gasteiger partial charge in [-0.05, 0) is 24.3 Å². The summed E-state index contributed by atoms with van der Waals surface area (Å²) in [5.74, 6) is -3.25. The van der Waals surface area contributed by atoms with Crippen LogP contribution >= 0.6 is 0 Å². The number of ether oxygens (including phenoxy) is 1. The minimum absolute atomic E-state index is 0.211. The highest BCUT2D eigenvalue weighted by molar-refractivity contribution is 5.92. The molecule has 98 valence electrons. The standard InChI is InChI=1S/C12H9F2N3O2/c13-8-5-9(14)12(17-10(8)15)19-7-3-1-6(2-4-7)11(16)18/h1-5H,(H2,15,17)(H2,16,18). The predicted octanol–water partition coefficient (Wildman–Crippen LogP) is 1.83. The lowest BCUT2D eigenvalue weighted by Gasteiger charge is -2.07. The highest BCUT2D eigenvalue weighted by Crippen LogP contribution is 2.24. The molecule has 4 N–H and O–H groups in total. The molecule has 1 aromatic heterocycles. The van der Waals surface area contributed by atoms with Gasteiger partial charge in [-0.1, -0.05) is 0 Å². The molecule has 0 atom stereocenters. The molecule has 0 bridgehead atoms. The molecule has 2 rings (SSSR count). The maximum Gasteiger partial charge on any atom is 0.258 e. The molecular formula is C12H9F2N3O2. The molecular weight excluding hydrogens is 256 g/mol. The molecule has 0 spiro atoms. The number of nitrogens with zero attached hydrogens (tertiary/aromatic N) is 1. The van der Waals surface area contributed by atoms with E-state index >= 15 is 0 Å². The quantitative estimate of drug-likeness (QED) is 0.885. The lowest BCUT2D eigenvalue weighted by molar-refractivity contribution is 0.100. The summed E-state index contributed by atoms with van der Waals surface area (Å²) in [5, 5.41) is 0. The third kappa shape index (κ3) is 2.76. The normalized spacial score (nSPS) is 10.2. The maximum atomic E-state index is 13.4. The molecule has 0 aliphatic rings. The Morgan fingerprint density at radius 2 is 1.79 bits per heavy atom. The molecule has 2 aromatic rings. The van der Waals surface area contributed by atoms with Crippen molar-refractivity contribution in [2.45, 2.75) is 0 Å². The Bertz CT molecular complexity index is 630. The maximum absolute atomic E-state index is 13.4. The molecule has 0 unspecified atom stereocenters. The minimum atomic E-state index is -0.981. The van der Waals surface area contributed by atoms with Gasteiger partial charge in [0.2, 0.25) is 5.91 Å². The second-order valence-corrected chi connectivity index (χ2v) is 3.63. The van der Waals surface area contributed by atoms with E-state index in [1.165, 1.54) is 24.3 Å². The van der Waals surface area contributed by atoms with Gasteiger partial charge in [0.05, 0.1) is 0 Å². The molecule has 0 saturated carbocycles. The van der Waals surface area contributed by atoms with E-state index in [0.717, 1.165) is 0 Å². The average Bonchev–Trinajstić information content (AvgIpc) is 2.36. The zero-order chi connectivity index (χ0) is 14.0. The highest BCUT2D eigenvalue weighted by atomic mass is 19.1. The van der Waals surface area contributed by atoms with Gasteiger partial charge < -0.3 is 16.2 Å². The van der Waals surface area contributed by atoms with Crippen LogP contribution in [0.2, 0.25) is 0 Å². The summed E-state index contributed by atoms with van der Waals surface area (Å²) >= 11 is 0. The first-order valence-corrected chi connectivity index (χ1v) is 5.16. The number of anilines is 1. The second-order valence-electron chi connectivity index (χ2n) is 3.63. The summed E-state index contributed by atoms with van der Waals surface area (Å²) < 4.78 is 31.4. The van der Waals surface area contributed by atoms with Crippen LogP contribution in [0.5, 0.6) is 11.6 Å². The monoisotopic (exact) mass is 265 g/mol. The van der Waals surface area contributed by atoms with Crippen LogP contribution in [0.15, 0.2) is 30.3 Å². The molecule has 0 radical (unpaired) electrons. The van der Waals surface area contributed by atoms with Crippen LogP contribution in [0, 0.1) is 11.6 Å². The summed E-state index contributed by atoms with van der Waals surface area (Å²) in [6.07, 6.45) is 0. The first-order chi connectivity index (χ1) is 8.97. The van der Waals surface area contributed by atoms with Crippen molar-refractivity contribution >= 4 is 11.7 Å². The topological polar surface area (TPSA) is 91.2 Å². The fourth-order valence-electron chi connectivity index (χ4n) is 1.33. The zero-order valence-electron chi connectivity index (χ0n) is 9.56. The summed E-state index contributed by atoms with van der Waals surface area (Å²) in [4.78, 5) is 14.3. The Kier molecular flexibility index (Phi) is 3.28. The molecule has 0 aliphatic heterocycles. The van der Waals surface area contributed by atoms with Crippen LogP contribution in [0.25, 0.3) is 0 Å². The molecule has 1 amide bonds. The summed E-state index contributed by atoms with van der Waals surface area (Å²) in [7, 11) is 0. The first-order valence-electron chi connectivity index (χ1n) is 5.16. The first kappa shape index (κ1) is 12.7. The number of rotatable bonds is 3. The van der Waals surface area contributed by atoms with E-state index in [1.807, 2.05) is 0 Å².